The minimum Gasteiger partial charge on any atom is -0.394 e. The van der Waals surface area contributed by atoms with E-state index in [0.29, 0.717) is 22.3 Å². The van der Waals surface area contributed by atoms with Gasteiger partial charge in [0.15, 0.2) is 60.9 Å². The largest absolute Gasteiger partial charge is 0.394 e. The zero-order valence-corrected chi connectivity index (χ0v) is 61.2. The number of hydrogen-bond acceptors (Lipinski definition) is 30. The second-order valence-electron chi connectivity index (χ2n) is 32.1. The lowest BCUT2D eigenvalue weighted by atomic mass is 9.59. The Morgan fingerprint density at radius 2 is 0.785 bits per heavy atom. The molecule has 6 heterocycles. The SMILES string of the molecule is CC1=CC=CC2(C)C=C(COC3OC(CO)C(O)C(O)C3O)C(C)CC23OC(O)C(C3=O)C(O)C=CC2(C)C=C(CO)C(C)CC23OC(O)C(C3=O)C(O)C(C)=CC=CC2C=C(COC3OC(CO)C(O)C(O)C3O)C(C)CC23OC(O)C(C3=O)C(O)C=CC2(C)C=C(CO)C(C)CC23OC(O)C(C3=O)C1O. The lowest BCUT2D eigenvalue weighted by Gasteiger charge is -2.47. The molecule has 594 valence electrons. The molecule has 0 saturated carbocycles. The van der Waals surface area contributed by atoms with Crippen molar-refractivity contribution in [3.8, 4) is 0 Å². The zero-order chi connectivity index (χ0) is 78.5. The van der Waals surface area contributed by atoms with Crippen LogP contribution < -0.4 is 0 Å². The molecule has 4 spiro atoms. The van der Waals surface area contributed by atoms with Crippen LogP contribution in [-0.2, 0) is 57.1 Å². The highest BCUT2D eigenvalue weighted by molar-refractivity contribution is 5.97. The molecule has 34 atom stereocenters. The Morgan fingerprint density at radius 3 is 1.22 bits per heavy atom. The van der Waals surface area contributed by atoms with Crippen LogP contribution in [0.4, 0.5) is 0 Å². The Labute approximate surface area is 618 Å². The number of rotatable bonds is 10. The van der Waals surface area contributed by atoms with E-state index in [0.717, 1.165) is 12.2 Å². The Hall–Kier alpha value is -4.96. The van der Waals surface area contributed by atoms with E-state index in [9.17, 15) is 91.9 Å². The summed E-state index contributed by atoms with van der Waals surface area (Å²) in [6.45, 7) is 11.2. The van der Waals surface area contributed by atoms with Crippen molar-refractivity contribution in [2.45, 2.75) is 221 Å². The number of allylic oxidation sites excluding steroid dienone is 4. The number of ether oxygens (including phenoxy) is 8. The second kappa shape index (κ2) is 31.2. The van der Waals surface area contributed by atoms with Crippen LogP contribution in [0.2, 0.25) is 0 Å². The van der Waals surface area contributed by atoms with E-state index in [2.05, 4.69) is 0 Å². The Bertz CT molecular complexity index is 3680. The van der Waals surface area contributed by atoms with Crippen LogP contribution in [0.5, 0.6) is 0 Å². The first-order valence-electron chi connectivity index (χ1n) is 36.6. The third-order valence-corrected chi connectivity index (χ3v) is 25.3. The lowest BCUT2D eigenvalue weighted by molar-refractivity contribution is -0.299. The van der Waals surface area contributed by atoms with Gasteiger partial charge in [-0.1, -0.05) is 113 Å². The summed E-state index contributed by atoms with van der Waals surface area (Å²) < 4.78 is 48.7. The maximum absolute atomic E-state index is 15.6. The Balaban J connectivity index is 1.01. The van der Waals surface area contributed by atoms with Crippen molar-refractivity contribution in [2.75, 3.05) is 39.6 Å². The summed E-state index contributed by atoms with van der Waals surface area (Å²) in [4.78, 5) is 62.0. The van der Waals surface area contributed by atoms with E-state index in [1.165, 1.54) is 88.5 Å². The maximum Gasteiger partial charge on any atom is 0.187 e. The van der Waals surface area contributed by atoms with Gasteiger partial charge in [0.1, 0.15) is 94.9 Å². The van der Waals surface area contributed by atoms with Crippen LogP contribution in [0.1, 0.15) is 88.0 Å². The fraction of sp³-hybridized carbons (Fsp3) is 0.688. The highest BCUT2D eigenvalue weighted by Crippen LogP contribution is 2.59. The van der Waals surface area contributed by atoms with Gasteiger partial charge < -0.3 is 130 Å². The summed E-state index contributed by atoms with van der Waals surface area (Å²) >= 11 is 0. The summed E-state index contributed by atoms with van der Waals surface area (Å²) in [5, 5.41) is 203. The number of aliphatic hydroxyl groups is 18. The van der Waals surface area contributed by atoms with Gasteiger partial charge >= 0.3 is 0 Å². The molecule has 0 radical (unpaired) electrons. The number of Topliss-reactive ketones (excluding diaryl/α,β-unsaturated/α-hetero) is 4. The molecule has 5 aliphatic carbocycles. The number of ketones is 4. The van der Waals surface area contributed by atoms with E-state index >= 15 is 19.2 Å². The number of aliphatic hydroxyl groups excluding tert-OH is 18. The van der Waals surface area contributed by atoms with Crippen molar-refractivity contribution in [1.29, 1.82) is 0 Å². The molecule has 34 unspecified atom stereocenters. The van der Waals surface area contributed by atoms with Gasteiger partial charge in [0.05, 0.1) is 64.1 Å². The fourth-order valence-electron chi connectivity index (χ4n) is 18.4. The minimum absolute atomic E-state index is 0.0599. The summed E-state index contributed by atoms with van der Waals surface area (Å²) in [5.74, 6) is -13.9. The molecule has 11 rings (SSSR count). The van der Waals surface area contributed by atoms with Gasteiger partial charge in [0.2, 0.25) is 0 Å². The number of carbonyl (C=O) groups is 4. The topological polar surface area (TPSA) is 506 Å². The van der Waals surface area contributed by atoms with Crippen LogP contribution in [-0.4, -0.2) is 288 Å². The molecule has 30 heteroatoms. The average molecular weight is 1510 g/mol. The average Bonchev–Trinajstić information content (AvgIpc) is 1.59. The minimum atomic E-state index is -2.06. The quantitative estimate of drug-likeness (QED) is 0.103. The van der Waals surface area contributed by atoms with Crippen molar-refractivity contribution < 1.29 is 149 Å². The first kappa shape index (κ1) is 83.0. The van der Waals surface area contributed by atoms with Crippen LogP contribution >= 0.6 is 0 Å². The van der Waals surface area contributed by atoms with Gasteiger partial charge in [-0.05, 0) is 117 Å². The molecule has 6 saturated heterocycles. The molecular formula is C77H106O30. The van der Waals surface area contributed by atoms with Crippen molar-refractivity contribution in [3.63, 3.8) is 0 Å². The molecule has 8 bridgehead atoms. The smallest absolute Gasteiger partial charge is 0.187 e. The highest BCUT2D eigenvalue weighted by Gasteiger charge is 2.69. The normalized spacial score (nSPS) is 49.2. The standard InChI is InChI=1S/C77H106O30/c1-34-12-10-14-44-20-40(32-100-69-59(90)57(88)55(86)47(30-80)102-69)36(3)21-74(44)61(92)49(65(96)104-74)45(82)15-18-72(8)25-41(28-78)38(5)23-77(72)64(95)52(68(99)107-77)54(85)35(2)13-11-17-71(7)27-43(33-101-70-60(91)58(89)56(87)48(31-81)103-70)39(6)24-75(71)62(93)50(66(97)105-75)46(83)16-19-73(9)26-42(29-79)37(4)22-76(73)63(94)51(53(34)84)67(98)106-76/h10-20,25-27,36-39,44-60,65-70,78-91,96-99H,21-24,28-33H2,1-9H3. The Morgan fingerprint density at radius 1 is 0.421 bits per heavy atom. The predicted octanol–water partition coefficient (Wildman–Crippen LogP) is -2.23. The summed E-state index contributed by atoms with van der Waals surface area (Å²) in [6.07, 6.45) is -12.8. The number of carbonyl (C=O) groups excluding carboxylic acids is 4. The molecule has 11 aliphatic rings. The van der Waals surface area contributed by atoms with E-state index in [-0.39, 0.29) is 50.0 Å². The molecular weight excluding hydrogens is 1400 g/mol. The Kier molecular flexibility index (Phi) is 24.2. The van der Waals surface area contributed by atoms with E-state index < -0.39 is 252 Å². The third kappa shape index (κ3) is 14.0. The van der Waals surface area contributed by atoms with Crippen molar-refractivity contribution in [3.05, 3.63) is 119 Å². The van der Waals surface area contributed by atoms with E-state index in [1.807, 2.05) is 0 Å². The van der Waals surface area contributed by atoms with Gasteiger partial charge in [0, 0.05) is 22.2 Å². The number of fused-ring (bicyclic) bond motifs is 4. The fourth-order valence-corrected chi connectivity index (χ4v) is 18.4. The van der Waals surface area contributed by atoms with E-state index in [1.54, 1.807) is 46.8 Å². The zero-order valence-electron chi connectivity index (χ0n) is 61.2. The van der Waals surface area contributed by atoms with Crippen LogP contribution in [0.15, 0.2) is 119 Å². The third-order valence-electron chi connectivity index (χ3n) is 25.3. The lowest BCUT2D eigenvalue weighted by Crippen LogP contribution is -2.59. The molecule has 6 fully saturated rings. The monoisotopic (exact) mass is 1510 g/mol. The summed E-state index contributed by atoms with van der Waals surface area (Å²) in [5.41, 5.74) is -11.4. The predicted molar refractivity (Wildman–Crippen MR) is 370 cm³/mol. The highest BCUT2D eigenvalue weighted by atomic mass is 16.7. The molecule has 6 aliphatic heterocycles. The van der Waals surface area contributed by atoms with Crippen LogP contribution in [0.25, 0.3) is 0 Å². The van der Waals surface area contributed by atoms with Crippen LogP contribution in [0.3, 0.4) is 0 Å². The second-order valence-corrected chi connectivity index (χ2v) is 32.1. The van der Waals surface area contributed by atoms with Crippen LogP contribution in [0, 0.1) is 69.5 Å². The van der Waals surface area contributed by atoms with Crippen molar-refractivity contribution in [1.82, 2.24) is 0 Å². The first-order valence-corrected chi connectivity index (χ1v) is 36.6. The van der Waals surface area contributed by atoms with Gasteiger partial charge in [0.25, 0.3) is 0 Å². The molecule has 0 amide bonds. The summed E-state index contributed by atoms with van der Waals surface area (Å²) in [6, 6.07) is 0. The van der Waals surface area contributed by atoms with Gasteiger partial charge in [-0.3, -0.25) is 19.2 Å². The van der Waals surface area contributed by atoms with Gasteiger partial charge in [-0.2, -0.15) is 0 Å². The first-order chi connectivity index (χ1) is 50.2. The molecule has 0 aromatic heterocycles. The van der Waals surface area contributed by atoms with Gasteiger partial charge in [-0.25, -0.2) is 0 Å². The van der Waals surface area contributed by atoms with Gasteiger partial charge in [-0.15, -0.1) is 0 Å². The van der Waals surface area contributed by atoms with Crippen molar-refractivity contribution >= 4 is 23.1 Å². The number of hydrogen-bond donors (Lipinski definition) is 18. The van der Waals surface area contributed by atoms with E-state index in [4.69, 9.17) is 37.9 Å². The van der Waals surface area contributed by atoms with Crippen molar-refractivity contribution in [2.24, 2.45) is 69.5 Å². The summed E-state index contributed by atoms with van der Waals surface area (Å²) in [7, 11) is 0. The molecule has 30 nitrogen and oxygen atoms in total. The molecule has 0 aromatic carbocycles. The molecule has 18 N–H and O–H groups in total. The maximum atomic E-state index is 15.6. The molecule has 107 heavy (non-hydrogen) atoms. The molecule has 0 aromatic rings.